The monoisotopic (exact) mass is 341 g/mol. The van der Waals surface area contributed by atoms with Gasteiger partial charge in [-0.2, -0.15) is 17.6 Å². The zero-order chi connectivity index (χ0) is 14.3. The summed E-state index contributed by atoms with van der Waals surface area (Å²) in [6.07, 6.45) is -8.57. The Hall–Kier alpha value is -1.15. The van der Waals surface area contributed by atoms with Gasteiger partial charge in [0.05, 0.1) is 0 Å². The van der Waals surface area contributed by atoms with Crippen LogP contribution in [0.4, 0.5) is 17.6 Å². The first-order valence-electron chi connectivity index (χ1n) is 5.19. The molecule has 1 aliphatic rings. The Labute approximate surface area is 114 Å². The topological polar surface area (TPSA) is 29.5 Å². The molecule has 1 aliphatic heterocycles. The van der Waals surface area contributed by atoms with E-state index >= 15 is 0 Å². The Morgan fingerprint density at radius 1 is 1.21 bits per heavy atom. The number of morpholine rings is 1. The molecule has 0 N–H and O–H groups in total. The maximum absolute atomic E-state index is 13.0. The minimum absolute atomic E-state index is 0.333. The number of alkyl halides is 4. The zero-order valence-corrected chi connectivity index (χ0v) is 11.0. The van der Waals surface area contributed by atoms with E-state index in [1.807, 2.05) is 0 Å². The van der Waals surface area contributed by atoms with E-state index in [0.717, 1.165) is 4.47 Å². The van der Waals surface area contributed by atoms with Gasteiger partial charge >= 0.3 is 18.1 Å². The largest absolute Gasteiger partial charge is 0.441 e. The minimum Gasteiger partial charge on any atom is -0.322 e. The van der Waals surface area contributed by atoms with Crippen molar-refractivity contribution in [3.8, 4) is 0 Å². The van der Waals surface area contributed by atoms with Crippen LogP contribution in [-0.2, 0) is 16.1 Å². The number of ether oxygens (including phenoxy) is 1. The SMILES string of the molecule is O=C1N(Cc2ccc(Br)cc2)CC(F)(F)OC1(F)F. The van der Waals surface area contributed by atoms with Gasteiger partial charge in [-0.05, 0) is 17.7 Å². The van der Waals surface area contributed by atoms with E-state index in [4.69, 9.17) is 0 Å². The molecule has 1 heterocycles. The first-order valence-corrected chi connectivity index (χ1v) is 5.98. The average Bonchev–Trinajstić information content (AvgIpc) is 2.27. The highest BCUT2D eigenvalue weighted by Gasteiger charge is 2.58. The van der Waals surface area contributed by atoms with Crippen molar-refractivity contribution in [2.75, 3.05) is 6.54 Å². The smallest absolute Gasteiger partial charge is 0.322 e. The third kappa shape index (κ3) is 3.24. The molecule has 2 rings (SSSR count). The number of rotatable bonds is 2. The van der Waals surface area contributed by atoms with Gasteiger partial charge in [0.15, 0.2) is 0 Å². The second-order valence-corrected chi connectivity index (χ2v) is 4.96. The van der Waals surface area contributed by atoms with Crippen LogP contribution in [-0.4, -0.2) is 29.6 Å². The average molecular weight is 342 g/mol. The molecule has 0 bridgehead atoms. The number of hydrogen-bond donors (Lipinski definition) is 0. The molecule has 1 saturated heterocycles. The summed E-state index contributed by atoms with van der Waals surface area (Å²) in [5.74, 6) is -1.76. The molecule has 0 aromatic heterocycles. The number of nitrogens with zero attached hydrogens (tertiary/aromatic N) is 1. The fraction of sp³-hybridized carbons (Fsp3) is 0.364. The number of carbonyl (C=O) groups is 1. The molecule has 0 atom stereocenters. The maximum Gasteiger partial charge on any atom is 0.441 e. The molecule has 1 fully saturated rings. The van der Waals surface area contributed by atoms with Gasteiger partial charge in [-0.3, -0.25) is 4.79 Å². The quantitative estimate of drug-likeness (QED) is 0.774. The summed E-state index contributed by atoms with van der Waals surface area (Å²) >= 11 is 3.18. The Kier molecular flexibility index (Phi) is 3.57. The van der Waals surface area contributed by atoms with Crippen LogP contribution in [0.25, 0.3) is 0 Å². The summed E-state index contributed by atoms with van der Waals surface area (Å²) in [4.78, 5) is 11.7. The molecule has 1 amide bonds. The number of halogens is 5. The zero-order valence-electron chi connectivity index (χ0n) is 9.38. The van der Waals surface area contributed by atoms with Gasteiger partial charge in [-0.15, -0.1) is 0 Å². The highest BCUT2D eigenvalue weighted by molar-refractivity contribution is 9.10. The molecular formula is C11H8BrF4NO2. The van der Waals surface area contributed by atoms with Crippen molar-refractivity contribution < 1.29 is 27.1 Å². The third-order valence-corrected chi connectivity index (χ3v) is 3.00. The second-order valence-electron chi connectivity index (χ2n) is 4.04. The molecule has 0 saturated carbocycles. The lowest BCUT2D eigenvalue weighted by Crippen LogP contribution is -2.58. The fourth-order valence-corrected chi connectivity index (χ4v) is 1.94. The minimum atomic E-state index is -4.50. The Balaban J connectivity index is 2.18. The molecule has 0 unspecified atom stereocenters. The highest BCUT2D eigenvalue weighted by Crippen LogP contribution is 2.35. The first-order chi connectivity index (χ1) is 8.70. The van der Waals surface area contributed by atoms with Crippen LogP contribution < -0.4 is 0 Å². The molecular weight excluding hydrogens is 334 g/mol. The summed E-state index contributed by atoms with van der Waals surface area (Å²) < 4.78 is 55.9. The Bertz CT molecular complexity index is 492. The summed E-state index contributed by atoms with van der Waals surface area (Å²) in [5, 5.41) is 0. The van der Waals surface area contributed by atoms with E-state index in [1.54, 1.807) is 24.3 Å². The van der Waals surface area contributed by atoms with Crippen LogP contribution in [0.2, 0.25) is 0 Å². The van der Waals surface area contributed by atoms with Crippen molar-refractivity contribution in [2.45, 2.75) is 18.8 Å². The van der Waals surface area contributed by atoms with Crippen LogP contribution in [0.3, 0.4) is 0 Å². The fourth-order valence-electron chi connectivity index (χ4n) is 1.68. The molecule has 3 nitrogen and oxygen atoms in total. The van der Waals surface area contributed by atoms with Gasteiger partial charge in [0.2, 0.25) is 0 Å². The van der Waals surface area contributed by atoms with Crippen LogP contribution in [0, 0.1) is 0 Å². The number of amides is 1. The number of hydrogen-bond acceptors (Lipinski definition) is 2. The highest BCUT2D eigenvalue weighted by atomic mass is 79.9. The molecule has 0 radical (unpaired) electrons. The molecule has 0 aliphatic carbocycles. The van der Waals surface area contributed by atoms with Crippen LogP contribution in [0.15, 0.2) is 28.7 Å². The van der Waals surface area contributed by atoms with Gasteiger partial charge in [0.25, 0.3) is 0 Å². The van der Waals surface area contributed by atoms with Gasteiger partial charge in [0.1, 0.15) is 6.54 Å². The van der Waals surface area contributed by atoms with E-state index in [-0.39, 0.29) is 6.54 Å². The lowest BCUT2D eigenvalue weighted by Gasteiger charge is -2.36. The number of benzene rings is 1. The molecule has 104 valence electrons. The summed E-state index contributed by atoms with van der Waals surface area (Å²) in [6.45, 7) is -1.53. The van der Waals surface area contributed by atoms with Crippen molar-refractivity contribution in [1.82, 2.24) is 4.90 Å². The molecule has 19 heavy (non-hydrogen) atoms. The van der Waals surface area contributed by atoms with E-state index < -0.39 is 24.7 Å². The summed E-state index contributed by atoms with van der Waals surface area (Å²) in [6, 6.07) is 6.33. The molecule has 1 aromatic rings. The Morgan fingerprint density at radius 2 is 1.79 bits per heavy atom. The van der Waals surface area contributed by atoms with E-state index in [2.05, 4.69) is 20.7 Å². The summed E-state index contributed by atoms with van der Waals surface area (Å²) in [7, 11) is 0. The van der Waals surface area contributed by atoms with Gasteiger partial charge < -0.3 is 4.90 Å². The van der Waals surface area contributed by atoms with E-state index in [9.17, 15) is 22.4 Å². The second kappa shape index (κ2) is 4.75. The van der Waals surface area contributed by atoms with Crippen molar-refractivity contribution in [2.24, 2.45) is 0 Å². The maximum atomic E-state index is 13.0. The van der Waals surface area contributed by atoms with Gasteiger partial charge in [-0.25, -0.2) is 4.74 Å². The molecule has 1 aromatic carbocycles. The van der Waals surface area contributed by atoms with E-state index in [1.165, 1.54) is 0 Å². The lowest BCUT2D eigenvalue weighted by atomic mass is 10.2. The van der Waals surface area contributed by atoms with Gasteiger partial charge in [-0.1, -0.05) is 28.1 Å². The van der Waals surface area contributed by atoms with Gasteiger partial charge in [0, 0.05) is 11.0 Å². The first kappa shape index (κ1) is 14.3. The van der Waals surface area contributed by atoms with E-state index in [0.29, 0.717) is 10.5 Å². The van der Waals surface area contributed by atoms with Crippen LogP contribution in [0.5, 0.6) is 0 Å². The van der Waals surface area contributed by atoms with Crippen molar-refractivity contribution >= 4 is 21.8 Å². The van der Waals surface area contributed by atoms with Crippen molar-refractivity contribution in [3.63, 3.8) is 0 Å². The standard InChI is InChI=1S/C11H8BrF4NO2/c12-8-3-1-7(2-4-8)5-17-6-10(13,14)19-11(15,16)9(17)18/h1-4H,5-6H2. The normalized spacial score (nSPS) is 21.5. The lowest BCUT2D eigenvalue weighted by molar-refractivity contribution is -0.381. The molecule has 8 heteroatoms. The third-order valence-electron chi connectivity index (χ3n) is 2.48. The summed E-state index contributed by atoms with van der Waals surface area (Å²) in [5.41, 5.74) is 0.463. The number of carbonyl (C=O) groups excluding carboxylic acids is 1. The van der Waals surface area contributed by atoms with Crippen molar-refractivity contribution in [3.05, 3.63) is 34.3 Å². The Morgan fingerprint density at radius 3 is 2.37 bits per heavy atom. The molecule has 0 spiro atoms. The van der Waals surface area contributed by atoms with Crippen LogP contribution in [0.1, 0.15) is 5.56 Å². The predicted octanol–water partition coefficient (Wildman–Crippen LogP) is 2.99. The predicted molar refractivity (Wildman–Crippen MR) is 60.5 cm³/mol. The van der Waals surface area contributed by atoms with Crippen LogP contribution >= 0.6 is 15.9 Å². The van der Waals surface area contributed by atoms with Crippen molar-refractivity contribution in [1.29, 1.82) is 0 Å².